The summed E-state index contributed by atoms with van der Waals surface area (Å²) in [5.74, 6) is 2.44. The second-order valence-corrected chi connectivity index (χ2v) is 7.37. The Kier molecular flexibility index (Phi) is 4.08. The summed E-state index contributed by atoms with van der Waals surface area (Å²) in [4.78, 5) is 2.62. The molecule has 0 aromatic heterocycles. The van der Waals surface area contributed by atoms with Gasteiger partial charge in [0.05, 0.1) is 13.2 Å². The second kappa shape index (κ2) is 5.08. The van der Waals surface area contributed by atoms with Gasteiger partial charge in [-0.25, -0.2) is 0 Å². The van der Waals surface area contributed by atoms with E-state index >= 15 is 0 Å². The molecule has 2 fully saturated rings. The summed E-state index contributed by atoms with van der Waals surface area (Å²) in [6.07, 6.45) is 1.22. The molecule has 0 aromatic carbocycles. The first-order valence-electron chi connectivity index (χ1n) is 6.61. The van der Waals surface area contributed by atoms with E-state index < -0.39 is 0 Å². The predicted molar refractivity (Wildman–Crippen MR) is 74.5 cm³/mol. The zero-order valence-corrected chi connectivity index (χ0v) is 12.2. The fraction of sp³-hybridized carbons (Fsp3) is 1.00. The lowest BCUT2D eigenvalue weighted by Crippen LogP contribution is -2.65. The summed E-state index contributed by atoms with van der Waals surface area (Å²) in [5, 5.41) is 0. The largest absolute Gasteiger partial charge is 0.379 e. The van der Waals surface area contributed by atoms with E-state index in [1.54, 1.807) is 0 Å². The van der Waals surface area contributed by atoms with Crippen LogP contribution in [0.5, 0.6) is 0 Å². The second-order valence-electron chi connectivity index (χ2n) is 6.38. The average molecular weight is 258 g/mol. The first-order valence-corrected chi connectivity index (χ1v) is 7.77. The van der Waals surface area contributed by atoms with Crippen LogP contribution in [0, 0.1) is 5.41 Å². The lowest BCUT2D eigenvalue weighted by atomic mass is 9.78. The van der Waals surface area contributed by atoms with Crippen molar-refractivity contribution in [1.29, 1.82) is 0 Å². The molecule has 0 saturated carbocycles. The highest BCUT2D eigenvalue weighted by Crippen LogP contribution is 2.42. The molecule has 2 rings (SSSR count). The van der Waals surface area contributed by atoms with Crippen molar-refractivity contribution in [2.45, 2.75) is 38.8 Å². The Balaban J connectivity index is 2.17. The Bertz CT molecular complexity index is 272. The number of ether oxygens (including phenoxy) is 1. The molecule has 0 bridgehead atoms. The molecule has 2 aliphatic heterocycles. The monoisotopic (exact) mass is 258 g/mol. The van der Waals surface area contributed by atoms with E-state index in [0.29, 0.717) is 11.5 Å². The Labute approximate surface area is 109 Å². The van der Waals surface area contributed by atoms with Gasteiger partial charge in [-0.1, -0.05) is 13.8 Å². The molecule has 17 heavy (non-hydrogen) atoms. The minimum Gasteiger partial charge on any atom is -0.379 e. The number of rotatable bonds is 2. The highest BCUT2D eigenvalue weighted by atomic mass is 32.2. The van der Waals surface area contributed by atoms with Gasteiger partial charge in [0.15, 0.2) is 0 Å². The third-order valence-electron chi connectivity index (χ3n) is 4.03. The molecule has 2 unspecified atom stereocenters. The Morgan fingerprint density at radius 2 is 2.18 bits per heavy atom. The first kappa shape index (κ1) is 13.7. The van der Waals surface area contributed by atoms with Crippen LogP contribution in [0.15, 0.2) is 0 Å². The molecule has 0 aliphatic carbocycles. The van der Waals surface area contributed by atoms with Gasteiger partial charge >= 0.3 is 0 Å². The summed E-state index contributed by atoms with van der Waals surface area (Å²) in [6, 6.07) is 0.502. The highest BCUT2D eigenvalue weighted by Gasteiger charge is 2.45. The van der Waals surface area contributed by atoms with Gasteiger partial charge in [0.2, 0.25) is 0 Å². The van der Waals surface area contributed by atoms with Crippen LogP contribution >= 0.6 is 11.8 Å². The van der Waals surface area contributed by atoms with Crippen LogP contribution in [0.1, 0.15) is 27.2 Å². The van der Waals surface area contributed by atoms with Crippen LogP contribution in [0.2, 0.25) is 0 Å². The zero-order chi connectivity index (χ0) is 12.5. The number of nitrogens with two attached hydrogens (primary N) is 1. The van der Waals surface area contributed by atoms with E-state index in [0.717, 1.165) is 26.3 Å². The van der Waals surface area contributed by atoms with Crippen molar-refractivity contribution in [2.75, 3.05) is 37.8 Å². The molecule has 2 heterocycles. The summed E-state index contributed by atoms with van der Waals surface area (Å²) < 4.78 is 5.55. The minimum absolute atomic E-state index is 0.190. The van der Waals surface area contributed by atoms with E-state index in [1.807, 2.05) is 0 Å². The molecular weight excluding hydrogens is 232 g/mol. The summed E-state index contributed by atoms with van der Waals surface area (Å²) >= 11 is 2.07. The maximum atomic E-state index is 6.16. The van der Waals surface area contributed by atoms with Gasteiger partial charge in [0, 0.05) is 30.4 Å². The topological polar surface area (TPSA) is 38.5 Å². The average Bonchev–Trinajstić information content (AvgIpc) is 2.28. The summed E-state index contributed by atoms with van der Waals surface area (Å²) in [7, 11) is 0. The molecule has 100 valence electrons. The van der Waals surface area contributed by atoms with Gasteiger partial charge in [-0.3, -0.25) is 4.90 Å². The molecule has 0 amide bonds. The fourth-order valence-electron chi connectivity index (χ4n) is 3.37. The van der Waals surface area contributed by atoms with E-state index in [9.17, 15) is 0 Å². The van der Waals surface area contributed by atoms with Crippen molar-refractivity contribution in [2.24, 2.45) is 11.1 Å². The van der Waals surface area contributed by atoms with Crippen LogP contribution < -0.4 is 5.73 Å². The third-order valence-corrected chi connectivity index (χ3v) is 5.76. The van der Waals surface area contributed by atoms with Gasteiger partial charge in [0.25, 0.3) is 0 Å². The lowest BCUT2D eigenvalue weighted by Gasteiger charge is -2.53. The van der Waals surface area contributed by atoms with Gasteiger partial charge in [0.1, 0.15) is 0 Å². The fourth-order valence-corrected chi connectivity index (χ4v) is 4.90. The normalized spacial score (nSPS) is 39.2. The van der Waals surface area contributed by atoms with Crippen LogP contribution in [0.25, 0.3) is 0 Å². The van der Waals surface area contributed by atoms with Crippen molar-refractivity contribution < 1.29 is 4.74 Å². The Morgan fingerprint density at radius 1 is 1.41 bits per heavy atom. The molecular formula is C13H26N2OS. The number of hydrogen-bond acceptors (Lipinski definition) is 4. The highest BCUT2D eigenvalue weighted by molar-refractivity contribution is 7.99. The van der Waals surface area contributed by atoms with Gasteiger partial charge in [-0.15, -0.1) is 0 Å². The van der Waals surface area contributed by atoms with Gasteiger partial charge in [-0.2, -0.15) is 11.8 Å². The molecule has 2 N–H and O–H groups in total. The number of nitrogens with zero attached hydrogens (tertiary/aromatic N) is 1. The summed E-state index contributed by atoms with van der Waals surface area (Å²) in [5.41, 5.74) is 6.75. The van der Waals surface area contributed by atoms with Crippen molar-refractivity contribution in [3.63, 3.8) is 0 Å². The standard InChI is InChI=1S/C13H26N2OS/c1-11-6-16-5-4-15(11)13(8-14)7-12(2,3)9-17-10-13/h11H,4-10,14H2,1-3H3. The van der Waals surface area contributed by atoms with Crippen molar-refractivity contribution in [1.82, 2.24) is 4.90 Å². The molecule has 2 atom stereocenters. The maximum Gasteiger partial charge on any atom is 0.0620 e. The van der Waals surface area contributed by atoms with Crippen LogP contribution in [0.4, 0.5) is 0 Å². The van der Waals surface area contributed by atoms with Crippen molar-refractivity contribution in [3.05, 3.63) is 0 Å². The quantitative estimate of drug-likeness (QED) is 0.816. The van der Waals surface area contributed by atoms with E-state index in [1.165, 1.54) is 17.9 Å². The minimum atomic E-state index is 0.190. The molecule has 2 saturated heterocycles. The SMILES string of the molecule is CC1COCCN1C1(CN)CSCC(C)(C)C1. The summed E-state index contributed by atoms with van der Waals surface area (Å²) in [6.45, 7) is 10.5. The van der Waals surface area contributed by atoms with Gasteiger partial charge in [-0.05, 0) is 24.5 Å². The molecule has 3 nitrogen and oxygen atoms in total. The molecule has 0 spiro atoms. The number of morpholine rings is 1. The first-order chi connectivity index (χ1) is 7.99. The Hall–Kier alpha value is 0.230. The van der Waals surface area contributed by atoms with E-state index in [2.05, 4.69) is 37.4 Å². The number of hydrogen-bond donors (Lipinski definition) is 1. The van der Waals surface area contributed by atoms with Crippen LogP contribution in [-0.4, -0.2) is 54.3 Å². The number of thioether (sulfide) groups is 1. The van der Waals surface area contributed by atoms with Crippen LogP contribution in [-0.2, 0) is 4.74 Å². The third kappa shape index (κ3) is 2.80. The molecule has 0 aromatic rings. The van der Waals surface area contributed by atoms with E-state index in [-0.39, 0.29) is 5.54 Å². The molecule has 0 radical (unpaired) electrons. The predicted octanol–water partition coefficient (Wildman–Crippen LogP) is 1.57. The van der Waals surface area contributed by atoms with Crippen molar-refractivity contribution >= 4 is 11.8 Å². The smallest absolute Gasteiger partial charge is 0.0620 e. The molecule has 4 heteroatoms. The van der Waals surface area contributed by atoms with E-state index in [4.69, 9.17) is 10.5 Å². The lowest BCUT2D eigenvalue weighted by molar-refractivity contribution is -0.0614. The van der Waals surface area contributed by atoms with Crippen molar-refractivity contribution in [3.8, 4) is 0 Å². The zero-order valence-electron chi connectivity index (χ0n) is 11.4. The Morgan fingerprint density at radius 3 is 2.76 bits per heavy atom. The maximum absolute atomic E-state index is 6.16. The molecule has 2 aliphatic rings. The van der Waals surface area contributed by atoms with Gasteiger partial charge < -0.3 is 10.5 Å². The van der Waals surface area contributed by atoms with Crippen LogP contribution in [0.3, 0.4) is 0 Å².